The molecule has 0 aliphatic rings. The van der Waals surface area contributed by atoms with Gasteiger partial charge in [0.25, 0.3) is 0 Å². The largest absolute Gasteiger partial charge is 0.487 e. The maximum atomic E-state index is 11.5. The van der Waals surface area contributed by atoms with Crippen molar-refractivity contribution >= 4 is 27.4 Å². The van der Waals surface area contributed by atoms with Crippen molar-refractivity contribution in [3.8, 4) is 5.75 Å². The van der Waals surface area contributed by atoms with Gasteiger partial charge < -0.3 is 15.4 Å². The Morgan fingerprint density at radius 1 is 1.14 bits per heavy atom. The van der Waals surface area contributed by atoms with Crippen LogP contribution in [0, 0.1) is 0 Å². The minimum absolute atomic E-state index is 0.131. The predicted octanol–water partition coefficient (Wildman–Crippen LogP) is 3.31. The van der Waals surface area contributed by atoms with Crippen LogP contribution < -0.4 is 15.4 Å². The fraction of sp³-hybridized carbons (Fsp3) is 0.381. The Bertz CT molecular complexity index is 915. The van der Waals surface area contributed by atoms with Crippen molar-refractivity contribution in [3.63, 3.8) is 0 Å². The number of para-hydroxylation sites is 1. The van der Waals surface area contributed by atoms with Crippen molar-refractivity contribution in [1.82, 2.24) is 10.6 Å². The molecule has 0 aliphatic carbocycles. The van der Waals surface area contributed by atoms with Gasteiger partial charge >= 0.3 is 0 Å². The smallest absolute Gasteiger partial charge is 0.191 e. The average molecular weight is 438 g/mol. The fourth-order valence-electron chi connectivity index (χ4n) is 2.58. The number of hydrogen-bond acceptors (Lipinski definition) is 4. The van der Waals surface area contributed by atoms with Crippen LogP contribution in [0.25, 0.3) is 0 Å². The number of ether oxygens (including phenoxy) is 1. The van der Waals surface area contributed by atoms with Crippen LogP contribution in [0.2, 0.25) is 5.02 Å². The molecule has 0 saturated carbocycles. The van der Waals surface area contributed by atoms with Crippen LogP contribution in [0.15, 0.2) is 58.4 Å². The van der Waals surface area contributed by atoms with E-state index in [4.69, 9.17) is 16.3 Å². The van der Waals surface area contributed by atoms with Crippen molar-refractivity contribution in [2.75, 3.05) is 25.9 Å². The molecule has 2 aromatic carbocycles. The number of nitrogens with one attached hydrogen (secondary N) is 2. The van der Waals surface area contributed by atoms with Crippen LogP contribution >= 0.6 is 11.6 Å². The quantitative estimate of drug-likeness (QED) is 0.464. The zero-order valence-corrected chi connectivity index (χ0v) is 18.6. The van der Waals surface area contributed by atoms with E-state index in [2.05, 4.69) is 15.6 Å². The molecule has 0 bridgehead atoms. The van der Waals surface area contributed by atoms with Crippen molar-refractivity contribution < 1.29 is 13.2 Å². The minimum atomic E-state index is -3.17. The average Bonchev–Trinajstić information content (AvgIpc) is 2.67. The number of guanidine groups is 1. The molecule has 0 heterocycles. The van der Waals surface area contributed by atoms with Gasteiger partial charge in [-0.15, -0.1) is 0 Å². The van der Waals surface area contributed by atoms with E-state index in [0.717, 1.165) is 18.5 Å². The van der Waals surface area contributed by atoms with Crippen molar-refractivity contribution in [2.24, 2.45) is 4.99 Å². The summed E-state index contributed by atoms with van der Waals surface area (Å²) in [5.74, 6) is 1.35. The van der Waals surface area contributed by atoms with Gasteiger partial charge in [-0.05, 0) is 50.1 Å². The van der Waals surface area contributed by atoms with Gasteiger partial charge in [0.05, 0.1) is 16.5 Å². The number of benzene rings is 2. The predicted molar refractivity (Wildman–Crippen MR) is 119 cm³/mol. The summed E-state index contributed by atoms with van der Waals surface area (Å²) < 4.78 is 28.9. The number of rotatable bonds is 9. The van der Waals surface area contributed by atoms with Gasteiger partial charge in [0, 0.05) is 19.3 Å². The van der Waals surface area contributed by atoms with Gasteiger partial charge in [-0.25, -0.2) is 13.4 Å². The number of aliphatic imine (C=N–C) groups is 1. The maximum Gasteiger partial charge on any atom is 0.191 e. The van der Waals surface area contributed by atoms with Crippen LogP contribution in [-0.2, 0) is 16.3 Å². The highest BCUT2D eigenvalue weighted by Crippen LogP contribution is 2.24. The first-order valence-corrected chi connectivity index (χ1v) is 11.8. The Balaban J connectivity index is 1.86. The Morgan fingerprint density at radius 3 is 2.45 bits per heavy atom. The number of nitrogens with zero attached hydrogens (tertiary/aromatic N) is 1. The molecule has 0 amide bonds. The van der Waals surface area contributed by atoms with Crippen LogP contribution in [0.5, 0.6) is 5.75 Å². The first-order chi connectivity index (χ1) is 13.8. The van der Waals surface area contributed by atoms with E-state index in [-0.39, 0.29) is 6.10 Å². The molecule has 2 aromatic rings. The molecule has 0 spiro atoms. The second-order valence-electron chi connectivity index (χ2n) is 6.67. The Hall–Kier alpha value is -2.25. The minimum Gasteiger partial charge on any atom is -0.487 e. The second kappa shape index (κ2) is 11.1. The third-order valence-electron chi connectivity index (χ3n) is 4.07. The van der Waals surface area contributed by atoms with Crippen LogP contribution in [0.3, 0.4) is 0 Å². The number of hydrogen-bond donors (Lipinski definition) is 2. The molecule has 0 aromatic heterocycles. The van der Waals surface area contributed by atoms with Gasteiger partial charge in [0.2, 0.25) is 0 Å². The first kappa shape index (κ1) is 23.0. The normalized spacial score (nSPS) is 13.0. The Labute approximate surface area is 178 Å². The third kappa shape index (κ3) is 7.95. The van der Waals surface area contributed by atoms with E-state index < -0.39 is 9.84 Å². The summed E-state index contributed by atoms with van der Waals surface area (Å²) in [6, 6.07) is 14.3. The topological polar surface area (TPSA) is 79.8 Å². The molecule has 0 radical (unpaired) electrons. The first-order valence-electron chi connectivity index (χ1n) is 9.52. The monoisotopic (exact) mass is 437 g/mol. The SMILES string of the molecule is CCNC(=NCC(C)Oc1ccccc1Cl)NCCc1ccc(S(C)(=O)=O)cc1. The highest BCUT2D eigenvalue weighted by Gasteiger charge is 2.08. The van der Waals surface area contributed by atoms with Gasteiger partial charge in [0.15, 0.2) is 15.8 Å². The Kier molecular flexibility index (Phi) is 8.79. The molecule has 6 nitrogen and oxygen atoms in total. The molecule has 1 atom stereocenters. The molecule has 158 valence electrons. The standard InChI is InChI=1S/C21H28ClN3O3S/c1-4-23-21(25-15-16(2)28-20-8-6-5-7-19(20)22)24-14-13-17-9-11-18(12-10-17)29(3,26)27/h5-12,16H,4,13-15H2,1-3H3,(H2,23,24,25). The molecule has 29 heavy (non-hydrogen) atoms. The molecule has 1 unspecified atom stereocenters. The second-order valence-corrected chi connectivity index (χ2v) is 9.09. The molecule has 8 heteroatoms. The van der Waals surface area contributed by atoms with Crippen molar-refractivity contribution in [3.05, 3.63) is 59.1 Å². The summed E-state index contributed by atoms with van der Waals surface area (Å²) in [6.07, 6.45) is 1.83. The van der Waals surface area contributed by atoms with Crippen LogP contribution in [0.1, 0.15) is 19.4 Å². The molecule has 0 aliphatic heterocycles. The molecular weight excluding hydrogens is 410 g/mol. The van der Waals surface area contributed by atoms with Gasteiger partial charge in [-0.1, -0.05) is 35.9 Å². The lowest BCUT2D eigenvalue weighted by molar-refractivity contribution is 0.230. The van der Waals surface area contributed by atoms with Crippen LogP contribution in [-0.4, -0.2) is 46.4 Å². The summed E-state index contributed by atoms with van der Waals surface area (Å²) >= 11 is 6.12. The summed E-state index contributed by atoms with van der Waals surface area (Å²) in [4.78, 5) is 4.89. The van der Waals surface area contributed by atoms with Crippen molar-refractivity contribution in [1.29, 1.82) is 0 Å². The van der Waals surface area contributed by atoms with E-state index >= 15 is 0 Å². The highest BCUT2D eigenvalue weighted by molar-refractivity contribution is 7.90. The third-order valence-corrected chi connectivity index (χ3v) is 5.51. The summed E-state index contributed by atoms with van der Waals surface area (Å²) in [5.41, 5.74) is 1.05. The van der Waals surface area contributed by atoms with Gasteiger partial charge in [0.1, 0.15) is 11.9 Å². The Morgan fingerprint density at radius 2 is 1.83 bits per heavy atom. The lowest BCUT2D eigenvalue weighted by atomic mass is 10.1. The van der Waals surface area contributed by atoms with E-state index in [0.29, 0.717) is 34.7 Å². The molecule has 2 N–H and O–H groups in total. The highest BCUT2D eigenvalue weighted by atomic mass is 35.5. The van der Waals surface area contributed by atoms with E-state index in [1.54, 1.807) is 18.2 Å². The molecule has 0 fully saturated rings. The lowest BCUT2D eigenvalue weighted by Gasteiger charge is -2.16. The molecule has 0 saturated heterocycles. The lowest BCUT2D eigenvalue weighted by Crippen LogP contribution is -2.39. The summed E-state index contributed by atoms with van der Waals surface area (Å²) in [5, 5.41) is 7.07. The van der Waals surface area contributed by atoms with Gasteiger partial charge in [-0.3, -0.25) is 0 Å². The summed E-state index contributed by atoms with van der Waals surface area (Å²) in [7, 11) is -3.17. The fourth-order valence-corrected chi connectivity index (χ4v) is 3.40. The van der Waals surface area contributed by atoms with Gasteiger partial charge in [-0.2, -0.15) is 0 Å². The maximum absolute atomic E-state index is 11.5. The zero-order valence-electron chi connectivity index (χ0n) is 17.0. The van der Waals surface area contributed by atoms with E-state index in [9.17, 15) is 8.42 Å². The molecule has 2 rings (SSSR count). The van der Waals surface area contributed by atoms with Crippen LogP contribution in [0.4, 0.5) is 0 Å². The van der Waals surface area contributed by atoms with Crippen molar-refractivity contribution in [2.45, 2.75) is 31.3 Å². The number of sulfone groups is 1. The number of halogens is 1. The van der Waals surface area contributed by atoms with E-state index in [1.165, 1.54) is 6.26 Å². The molecular formula is C21H28ClN3O3S. The zero-order chi connectivity index (χ0) is 21.3. The van der Waals surface area contributed by atoms with E-state index in [1.807, 2.05) is 44.2 Å². The summed E-state index contributed by atoms with van der Waals surface area (Å²) in [6.45, 7) is 5.84.